The van der Waals surface area contributed by atoms with Crippen molar-refractivity contribution in [3.8, 4) is 0 Å². The summed E-state index contributed by atoms with van der Waals surface area (Å²) in [6, 6.07) is 1.99. The summed E-state index contributed by atoms with van der Waals surface area (Å²) in [6.07, 6.45) is 4.20. The molecule has 16 heavy (non-hydrogen) atoms. The molecule has 0 radical (unpaired) electrons. The number of Topliss-reactive ketones (excluding diaryl/α,β-unsaturated/α-hetero) is 1. The molecule has 1 aromatic rings. The topological polar surface area (TPSA) is 17.1 Å². The molecule has 4 atom stereocenters. The monoisotopic (exact) mass is 296 g/mol. The Hall–Kier alpha value is -0.150. The first-order valence-electron chi connectivity index (χ1n) is 6.04. The van der Waals surface area contributed by atoms with Gasteiger partial charge >= 0.3 is 0 Å². The van der Waals surface area contributed by atoms with Crippen LogP contribution in [0.4, 0.5) is 0 Å². The average molecular weight is 297 g/mol. The normalized spacial score (nSPS) is 43.4. The highest BCUT2D eigenvalue weighted by molar-refractivity contribution is 9.10. The van der Waals surface area contributed by atoms with E-state index in [9.17, 15) is 4.79 Å². The molecule has 0 N–H and O–H groups in total. The Bertz CT molecular complexity index is 450. The van der Waals surface area contributed by atoms with Gasteiger partial charge in [0.05, 0.1) is 4.88 Å². The highest BCUT2D eigenvalue weighted by atomic mass is 79.9. The minimum atomic E-state index is 0.390. The van der Waals surface area contributed by atoms with E-state index in [1.165, 1.54) is 19.3 Å². The summed E-state index contributed by atoms with van der Waals surface area (Å²) in [6.45, 7) is 0. The fourth-order valence-electron chi connectivity index (χ4n) is 4.30. The van der Waals surface area contributed by atoms with Gasteiger partial charge in [-0.2, -0.15) is 0 Å². The molecule has 3 saturated carbocycles. The maximum Gasteiger partial charge on any atom is 0.177 e. The Labute approximate surface area is 107 Å². The number of halogens is 1. The molecule has 0 saturated heterocycles. The number of carbonyl (C=O) groups excluding carboxylic acids is 1. The van der Waals surface area contributed by atoms with Crippen LogP contribution in [0.15, 0.2) is 15.9 Å². The van der Waals surface area contributed by atoms with Crippen molar-refractivity contribution < 1.29 is 4.79 Å². The summed E-state index contributed by atoms with van der Waals surface area (Å²) in [5.74, 6) is 4.13. The first-order chi connectivity index (χ1) is 7.77. The smallest absolute Gasteiger partial charge is 0.177 e. The van der Waals surface area contributed by atoms with Crippen molar-refractivity contribution in [1.82, 2.24) is 0 Å². The molecule has 3 fully saturated rings. The minimum Gasteiger partial charge on any atom is -0.293 e. The largest absolute Gasteiger partial charge is 0.293 e. The van der Waals surface area contributed by atoms with Crippen LogP contribution in [0.2, 0.25) is 0 Å². The van der Waals surface area contributed by atoms with Gasteiger partial charge in [-0.25, -0.2) is 0 Å². The molecule has 1 aromatic heterocycles. The van der Waals surface area contributed by atoms with E-state index in [4.69, 9.17) is 0 Å². The number of hydrogen-bond acceptors (Lipinski definition) is 2. The van der Waals surface area contributed by atoms with Gasteiger partial charge in [0.1, 0.15) is 0 Å². The van der Waals surface area contributed by atoms with E-state index in [1.807, 2.05) is 11.4 Å². The predicted molar refractivity (Wildman–Crippen MR) is 67.7 cm³/mol. The van der Waals surface area contributed by atoms with Crippen LogP contribution in [-0.4, -0.2) is 5.78 Å². The summed E-state index contributed by atoms with van der Waals surface area (Å²) in [5, 5.41) is 2.00. The van der Waals surface area contributed by atoms with Crippen LogP contribution >= 0.6 is 27.3 Å². The predicted octanol–water partition coefficient (Wildman–Crippen LogP) is 3.99. The third-order valence-electron chi connectivity index (χ3n) is 4.88. The van der Waals surface area contributed by atoms with Crippen LogP contribution in [0.25, 0.3) is 0 Å². The van der Waals surface area contributed by atoms with Crippen molar-refractivity contribution in [1.29, 1.82) is 0 Å². The Balaban J connectivity index is 1.62. The average Bonchev–Trinajstić information content (AvgIpc) is 2.67. The van der Waals surface area contributed by atoms with Crippen molar-refractivity contribution >= 4 is 33.0 Å². The second-order valence-electron chi connectivity index (χ2n) is 5.48. The lowest BCUT2D eigenvalue weighted by atomic mass is 9.99. The minimum absolute atomic E-state index is 0.390. The lowest BCUT2D eigenvalue weighted by molar-refractivity contribution is 0.0948. The molecule has 1 nitrogen and oxygen atoms in total. The third-order valence-corrected chi connectivity index (χ3v) is 6.73. The fourth-order valence-corrected chi connectivity index (χ4v) is 5.85. The van der Waals surface area contributed by atoms with E-state index in [2.05, 4.69) is 15.9 Å². The quantitative estimate of drug-likeness (QED) is 0.754. The molecule has 3 aliphatic rings. The van der Waals surface area contributed by atoms with E-state index in [1.54, 1.807) is 11.3 Å². The SMILES string of the molecule is O=C(c1sccc1Br)C1C2C3CCC(C3)C12. The molecule has 0 spiro atoms. The van der Waals surface area contributed by atoms with Crippen molar-refractivity contribution in [3.63, 3.8) is 0 Å². The van der Waals surface area contributed by atoms with Gasteiger partial charge in [0, 0.05) is 10.4 Å². The van der Waals surface area contributed by atoms with Crippen molar-refractivity contribution in [3.05, 3.63) is 20.8 Å². The van der Waals surface area contributed by atoms with Crippen LogP contribution in [0.1, 0.15) is 28.9 Å². The Morgan fingerprint density at radius 1 is 1.31 bits per heavy atom. The number of hydrogen-bond donors (Lipinski definition) is 0. The molecule has 0 aliphatic heterocycles. The van der Waals surface area contributed by atoms with Gasteiger partial charge in [0.2, 0.25) is 0 Å². The summed E-state index contributed by atoms with van der Waals surface area (Å²) in [7, 11) is 0. The summed E-state index contributed by atoms with van der Waals surface area (Å²) in [4.78, 5) is 13.4. The van der Waals surface area contributed by atoms with Crippen LogP contribution in [0.3, 0.4) is 0 Å². The molecule has 3 heteroatoms. The molecule has 3 aliphatic carbocycles. The highest BCUT2D eigenvalue weighted by Crippen LogP contribution is 2.70. The maximum atomic E-state index is 12.4. The zero-order chi connectivity index (χ0) is 10.9. The molecule has 4 rings (SSSR count). The molecule has 0 amide bonds. The van der Waals surface area contributed by atoms with Crippen LogP contribution in [-0.2, 0) is 0 Å². The van der Waals surface area contributed by atoms with Gasteiger partial charge in [-0.1, -0.05) is 0 Å². The zero-order valence-electron chi connectivity index (χ0n) is 8.86. The van der Waals surface area contributed by atoms with Crippen LogP contribution in [0.5, 0.6) is 0 Å². The number of thiophene rings is 1. The van der Waals surface area contributed by atoms with E-state index in [0.717, 1.165) is 33.0 Å². The molecular formula is C13H13BrOS. The lowest BCUT2D eigenvalue weighted by Crippen LogP contribution is -2.09. The fraction of sp³-hybridized carbons (Fsp3) is 0.615. The molecular weight excluding hydrogens is 284 g/mol. The van der Waals surface area contributed by atoms with Gasteiger partial charge in [0.15, 0.2) is 5.78 Å². The summed E-state index contributed by atoms with van der Waals surface area (Å²) in [5.41, 5.74) is 0. The first kappa shape index (κ1) is 9.84. The molecule has 2 bridgehead atoms. The Morgan fingerprint density at radius 3 is 2.56 bits per heavy atom. The van der Waals surface area contributed by atoms with Gasteiger partial charge in [-0.05, 0) is 70.3 Å². The molecule has 84 valence electrons. The number of carbonyl (C=O) groups is 1. The standard InChI is InChI=1S/C13H13BrOS/c14-8-3-4-16-13(8)12(15)11-9-6-1-2-7(5-6)10(9)11/h3-4,6-7,9-11H,1-2,5H2. The zero-order valence-corrected chi connectivity index (χ0v) is 11.3. The Morgan fingerprint density at radius 2 is 2.00 bits per heavy atom. The first-order valence-corrected chi connectivity index (χ1v) is 7.72. The highest BCUT2D eigenvalue weighted by Gasteiger charge is 2.67. The van der Waals surface area contributed by atoms with Crippen molar-refractivity contribution in [2.75, 3.05) is 0 Å². The maximum absolute atomic E-state index is 12.4. The number of ketones is 1. The molecule has 4 unspecified atom stereocenters. The van der Waals surface area contributed by atoms with Gasteiger partial charge < -0.3 is 0 Å². The van der Waals surface area contributed by atoms with Gasteiger partial charge in [-0.15, -0.1) is 11.3 Å². The Kier molecular flexibility index (Phi) is 1.97. The molecule has 1 heterocycles. The van der Waals surface area contributed by atoms with Crippen LogP contribution in [0, 0.1) is 29.6 Å². The second-order valence-corrected chi connectivity index (χ2v) is 7.25. The van der Waals surface area contributed by atoms with Crippen molar-refractivity contribution in [2.45, 2.75) is 19.3 Å². The lowest BCUT2D eigenvalue weighted by Gasteiger charge is -2.06. The van der Waals surface area contributed by atoms with Gasteiger partial charge in [0.25, 0.3) is 0 Å². The number of rotatable bonds is 2. The number of fused-ring (bicyclic) bond motifs is 5. The summed E-state index contributed by atoms with van der Waals surface area (Å²) >= 11 is 5.07. The van der Waals surface area contributed by atoms with E-state index in [0.29, 0.717) is 11.7 Å². The van der Waals surface area contributed by atoms with E-state index < -0.39 is 0 Å². The summed E-state index contributed by atoms with van der Waals surface area (Å²) < 4.78 is 1.000. The van der Waals surface area contributed by atoms with Crippen molar-refractivity contribution in [2.24, 2.45) is 29.6 Å². The molecule has 0 aromatic carbocycles. The third kappa shape index (κ3) is 1.14. The second kappa shape index (κ2) is 3.20. The van der Waals surface area contributed by atoms with Gasteiger partial charge in [-0.3, -0.25) is 4.79 Å². The van der Waals surface area contributed by atoms with E-state index in [-0.39, 0.29) is 0 Å². The van der Waals surface area contributed by atoms with Crippen LogP contribution < -0.4 is 0 Å². The van der Waals surface area contributed by atoms with E-state index >= 15 is 0 Å².